The lowest BCUT2D eigenvalue weighted by Gasteiger charge is -2.07. The van der Waals surface area contributed by atoms with E-state index in [4.69, 9.17) is 10.00 Å². The molecule has 0 aliphatic heterocycles. The first-order chi connectivity index (χ1) is 11.7. The number of hydrogen-bond acceptors (Lipinski definition) is 6. The van der Waals surface area contributed by atoms with Gasteiger partial charge in [0.25, 0.3) is 0 Å². The minimum Gasteiger partial charge on any atom is -0.477 e. The Morgan fingerprint density at radius 2 is 2.08 bits per heavy atom. The van der Waals surface area contributed by atoms with E-state index in [0.717, 1.165) is 11.1 Å². The van der Waals surface area contributed by atoms with Crippen molar-refractivity contribution >= 4 is 0 Å². The maximum Gasteiger partial charge on any atom is 0.213 e. The number of aromatic nitrogens is 5. The third kappa shape index (κ3) is 3.55. The number of H-pyrrole nitrogens is 1. The van der Waals surface area contributed by atoms with Gasteiger partial charge in [-0.05, 0) is 24.1 Å². The molecule has 0 aliphatic rings. The van der Waals surface area contributed by atoms with Crippen molar-refractivity contribution in [2.75, 3.05) is 6.61 Å². The van der Waals surface area contributed by atoms with Gasteiger partial charge in [0.1, 0.15) is 11.8 Å². The van der Waals surface area contributed by atoms with E-state index in [9.17, 15) is 0 Å². The Balaban J connectivity index is 1.79. The van der Waals surface area contributed by atoms with Crippen molar-refractivity contribution in [2.45, 2.75) is 13.8 Å². The van der Waals surface area contributed by atoms with Crippen LogP contribution in [0.25, 0.3) is 22.8 Å². The molecule has 0 atom stereocenters. The molecule has 0 bridgehead atoms. The fourth-order valence-electron chi connectivity index (χ4n) is 2.01. The molecule has 1 N–H and O–H groups in total. The number of nitrogens with one attached hydrogen (secondary N) is 1. The van der Waals surface area contributed by atoms with Crippen molar-refractivity contribution in [3.63, 3.8) is 0 Å². The minimum atomic E-state index is 0.332. The van der Waals surface area contributed by atoms with Crippen LogP contribution in [0.4, 0.5) is 0 Å². The molecule has 3 aromatic rings. The average Bonchev–Trinajstić information content (AvgIpc) is 3.10. The van der Waals surface area contributed by atoms with Crippen LogP contribution in [0.1, 0.15) is 19.5 Å². The Morgan fingerprint density at radius 3 is 2.79 bits per heavy atom. The van der Waals surface area contributed by atoms with Gasteiger partial charge < -0.3 is 4.74 Å². The summed E-state index contributed by atoms with van der Waals surface area (Å²) in [7, 11) is 0. The molecule has 0 amide bonds. The largest absolute Gasteiger partial charge is 0.477 e. The Bertz CT molecular complexity index is 863. The standard InChI is InChI=1S/C17H16N6O/c1-11(2)10-24-15-4-3-13(9-20-15)17-21-16(22-23-17)12-5-6-19-14(7-12)8-18/h3-7,9,11H,10H2,1-2H3,(H,21,22,23). The maximum absolute atomic E-state index is 8.92. The van der Waals surface area contributed by atoms with Crippen molar-refractivity contribution < 1.29 is 4.74 Å². The zero-order valence-corrected chi connectivity index (χ0v) is 13.4. The average molecular weight is 320 g/mol. The number of nitriles is 1. The fourth-order valence-corrected chi connectivity index (χ4v) is 2.01. The maximum atomic E-state index is 8.92. The summed E-state index contributed by atoms with van der Waals surface area (Å²) in [5, 5.41) is 16.0. The monoisotopic (exact) mass is 320 g/mol. The molecule has 120 valence electrons. The third-order valence-corrected chi connectivity index (χ3v) is 3.19. The quantitative estimate of drug-likeness (QED) is 0.776. The first-order valence-electron chi connectivity index (χ1n) is 7.54. The van der Waals surface area contributed by atoms with Crippen molar-refractivity contribution in [3.05, 3.63) is 42.4 Å². The summed E-state index contributed by atoms with van der Waals surface area (Å²) < 4.78 is 5.56. The Hall–Kier alpha value is -3.27. The molecule has 0 aromatic carbocycles. The highest BCUT2D eigenvalue weighted by atomic mass is 16.5. The molecule has 24 heavy (non-hydrogen) atoms. The van der Waals surface area contributed by atoms with Gasteiger partial charge in [0.05, 0.1) is 6.61 Å². The molecule has 7 heteroatoms. The summed E-state index contributed by atoms with van der Waals surface area (Å²) in [6.45, 7) is 4.79. The zero-order valence-electron chi connectivity index (χ0n) is 13.4. The number of nitrogens with zero attached hydrogens (tertiary/aromatic N) is 5. The van der Waals surface area contributed by atoms with E-state index >= 15 is 0 Å². The van der Waals surface area contributed by atoms with Crippen molar-refractivity contribution in [1.82, 2.24) is 25.1 Å². The summed E-state index contributed by atoms with van der Waals surface area (Å²) in [6, 6.07) is 9.10. The molecule has 0 fully saturated rings. The molecule has 3 rings (SSSR count). The molecule has 7 nitrogen and oxygen atoms in total. The smallest absolute Gasteiger partial charge is 0.213 e. The van der Waals surface area contributed by atoms with Crippen LogP contribution >= 0.6 is 0 Å². The van der Waals surface area contributed by atoms with Crippen molar-refractivity contribution in [3.8, 4) is 34.7 Å². The van der Waals surface area contributed by atoms with Crippen LogP contribution in [-0.2, 0) is 0 Å². The Kier molecular flexibility index (Phi) is 4.47. The van der Waals surface area contributed by atoms with E-state index in [1.807, 2.05) is 12.1 Å². The fraction of sp³-hybridized carbons (Fsp3) is 0.235. The molecule has 3 heterocycles. The van der Waals surface area contributed by atoms with E-state index in [1.54, 1.807) is 30.6 Å². The summed E-state index contributed by atoms with van der Waals surface area (Å²) >= 11 is 0. The summed E-state index contributed by atoms with van der Waals surface area (Å²) in [5.41, 5.74) is 1.87. The summed E-state index contributed by atoms with van der Waals surface area (Å²) in [6.07, 6.45) is 3.24. The van der Waals surface area contributed by atoms with E-state index in [0.29, 0.717) is 35.7 Å². The minimum absolute atomic E-state index is 0.332. The van der Waals surface area contributed by atoms with E-state index in [2.05, 4.69) is 39.0 Å². The van der Waals surface area contributed by atoms with Crippen LogP contribution in [0, 0.1) is 17.2 Å². The predicted molar refractivity (Wildman–Crippen MR) is 87.9 cm³/mol. The van der Waals surface area contributed by atoms with Gasteiger partial charge >= 0.3 is 0 Å². The predicted octanol–water partition coefficient (Wildman–Crippen LogP) is 2.84. The number of pyridine rings is 2. The van der Waals surface area contributed by atoms with E-state index in [-0.39, 0.29) is 0 Å². The Labute approximate surface area is 139 Å². The second kappa shape index (κ2) is 6.87. The number of hydrogen-bond donors (Lipinski definition) is 1. The Morgan fingerprint density at radius 1 is 1.21 bits per heavy atom. The topological polar surface area (TPSA) is 100 Å². The molecule has 0 saturated carbocycles. The number of aromatic amines is 1. The van der Waals surface area contributed by atoms with Gasteiger partial charge in [0.2, 0.25) is 5.88 Å². The normalized spacial score (nSPS) is 10.6. The zero-order chi connectivity index (χ0) is 16.9. The van der Waals surface area contributed by atoms with Crippen LogP contribution in [0.2, 0.25) is 0 Å². The second-order valence-corrected chi connectivity index (χ2v) is 5.64. The molecular formula is C17H16N6O. The van der Waals surface area contributed by atoms with Gasteiger partial charge in [-0.25, -0.2) is 15.0 Å². The molecule has 0 unspecified atom stereocenters. The van der Waals surface area contributed by atoms with Crippen molar-refractivity contribution in [2.24, 2.45) is 5.92 Å². The van der Waals surface area contributed by atoms with Crippen LogP contribution in [0.3, 0.4) is 0 Å². The van der Waals surface area contributed by atoms with Crippen LogP contribution in [-0.4, -0.2) is 31.8 Å². The highest BCUT2D eigenvalue weighted by Gasteiger charge is 2.09. The molecule has 0 spiro atoms. The second-order valence-electron chi connectivity index (χ2n) is 5.64. The molecule has 0 saturated heterocycles. The third-order valence-electron chi connectivity index (χ3n) is 3.19. The van der Waals surface area contributed by atoms with Crippen molar-refractivity contribution in [1.29, 1.82) is 5.26 Å². The lowest BCUT2D eigenvalue weighted by molar-refractivity contribution is 0.261. The van der Waals surface area contributed by atoms with Gasteiger partial charge in [-0.1, -0.05) is 13.8 Å². The van der Waals surface area contributed by atoms with Gasteiger partial charge in [0, 0.05) is 29.6 Å². The highest BCUT2D eigenvalue weighted by Crippen LogP contribution is 2.21. The summed E-state index contributed by atoms with van der Waals surface area (Å²) in [4.78, 5) is 12.7. The number of ether oxygens (including phenoxy) is 1. The van der Waals surface area contributed by atoms with E-state index < -0.39 is 0 Å². The van der Waals surface area contributed by atoms with Gasteiger partial charge in [0.15, 0.2) is 11.6 Å². The number of rotatable bonds is 5. The van der Waals surface area contributed by atoms with E-state index in [1.165, 1.54) is 0 Å². The molecular weight excluding hydrogens is 304 g/mol. The lowest BCUT2D eigenvalue weighted by Crippen LogP contribution is -2.05. The lowest BCUT2D eigenvalue weighted by atomic mass is 10.2. The molecule has 0 aliphatic carbocycles. The first-order valence-corrected chi connectivity index (χ1v) is 7.54. The first kappa shape index (κ1) is 15.6. The summed E-state index contributed by atoms with van der Waals surface area (Å²) in [5.74, 6) is 2.13. The molecule has 0 radical (unpaired) electrons. The van der Waals surface area contributed by atoms with Gasteiger partial charge in [-0.2, -0.15) is 10.4 Å². The van der Waals surface area contributed by atoms with Crippen LogP contribution in [0.5, 0.6) is 5.88 Å². The SMILES string of the molecule is CC(C)COc1ccc(-c2n[nH]c(-c3ccnc(C#N)c3)n2)cn1. The molecule has 3 aromatic heterocycles. The van der Waals surface area contributed by atoms with Gasteiger partial charge in [-0.3, -0.25) is 5.10 Å². The highest BCUT2D eigenvalue weighted by molar-refractivity contribution is 5.61. The van der Waals surface area contributed by atoms with Gasteiger partial charge in [-0.15, -0.1) is 0 Å². The van der Waals surface area contributed by atoms with Crippen LogP contribution in [0.15, 0.2) is 36.7 Å². The van der Waals surface area contributed by atoms with Crippen LogP contribution < -0.4 is 4.74 Å².